The molecule has 0 aliphatic heterocycles. The predicted molar refractivity (Wildman–Crippen MR) is 70.2 cm³/mol. The first-order valence-corrected chi connectivity index (χ1v) is 6.22. The van der Waals surface area contributed by atoms with E-state index in [4.69, 9.17) is 5.73 Å². The van der Waals surface area contributed by atoms with Gasteiger partial charge in [0.15, 0.2) is 5.82 Å². The van der Waals surface area contributed by atoms with Crippen LogP contribution in [0, 0.1) is 0 Å². The Hall–Kier alpha value is -1.85. The fraction of sp³-hybridized carbons (Fsp3) is 0.583. The lowest BCUT2D eigenvalue weighted by Crippen LogP contribution is -2.10. The third-order valence-corrected chi connectivity index (χ3v) is 2.85. The Balaban J connectivity index is 2.23. The second-order valence-corrected chi connectivity index (χ2v) is 5.05. The van der Waals surface area contributed by atoms with E-state index in [1.54, 1.807) is 0 Å². The van der Waals surface area contributed by atoms with Crippen LogP contribution in [0.4, 0.5) is 5.82 Å². The predicted octanol–water partition coefficient (Wildman–Crippen LogP) is 1.81. The molecule has 0 aliphatic rings. The van der Waals surface area contributed by atoms with E-state index in [1.807, 2.05) is 21.6 Å². The highest BCUT2D eigenvalue weighted by atomic mass is 15.4. The number of nitrogens with zero attached hydrogens (tertiary/aromatic N) is 5. The summed E-state index contributed by atoms with van der Waals surface area (Å²) in [6, 6.07) is 2.37. The fourth-order valence-electron chi connectivity index (χ4n) is 1.95. The van der Waals surface area contributed by atoms with Gasteiger partial charge in [0.25, 0.3) is 0 Å². The molecule has 0 fully saturated rings. The van der Waals surface area contributed by atoms with Crippen LogP contribution in [0.3, 0.4) is 0 Å². The summed E-state index contributed by atoms with van der Waals surface area (Å²) in [5.41, 5.74) is 7.76. The van der Waals surface area contributed by atoms with Crippen LogP contribution in [0.25, 0.3) is 0 Å². The molecule has 6 heteroatoms. The maximum Gasteiger partial charge on any atom is 0.169 e. The van der Waals surface area contributed by atoms with Crippen molar-refractivity contribution in [3.8, 4) is 0 Å². The van der Waals surface area contributed by atoms with Crippen molar-refractivity contribution in [2.24, 2.45) is 0 Å². The van der Waals surface area contributed by atoms with Crippen molar-refractivity contribution in [2.45, 2.75) is 46.2 Å². The molecule has 0 unspecified atom stereocenters. The van der Waals surface area contributed by atoms with Crippen molar-refractivity contribution in [1.82, 2.24) is 24.8 Å². The highest BCUT2D eigenvalue weighted by molar-refractivity contribution is 5.35. The molecule has 0 saturated heterocycles. The van der Waals surface area contributed by atoms with Gasteiger partial charge in [-0.3, -0.25) is 4.68 Å². The molecule has 0 spiro atoms. The van der Waals surface area contributed by atoms with Gasteiger partial charge >= 0.3 is 0 Å². The fourth-order valence-corrected chi connectivity index (χ4v) is 1.95. The summed E-state index contributed by atoms with van der Waals surface area (Å²) in [6.45, 7) is 8.97. The SMILES string of the molecule is CC(C)c1c(N)nnn1Cc1ccn(C(C)C)n1. The molecule has 98 valence electrons. The lowest BCUT2D eigenvalue weighted by Gasteiger charge is -2.08. The van der Waals surface area contributed by atoms with E-state index in [9.17, 15) is 0 Å². The van der Waals surface area contributed by atoms with Gasteiger partial charge in [-0.05, 0) is 25.8 Å². The van der Waals surface area contributed by atoms with Crippen LogP contribution >= 0.6 is 0 Å². The average Bonchev–Trinajstić information content (AvgIpc) is 2.86. The Bertz CT molecular complexity index is 522. The van der Waals surface area contributed by atoms with Crippen molar-refractivity contribution in [3.63, 3.8) is 0 Å². The van der Waals surface area contributed by atoms with Gasteiger partial charge in [0, 0.05) is 12.2 Å². The number of nitrogens with two attached hydrogens (primary N) is 1. The van der Waals surface area contributed by atoms with Gasteiger partial charge in [-0.25, -0.2) is 4.68 Å². The molecule has 0 aromatic carbocycles. The summed E-state index contributed by atoms with van der Waals surface area (Å²) < 4.78 is 3.76. The van der Waals surface area contributed by atoms with E-state index in [-0.39, 0.29) is 0 Å². The van der Waals surface area contributed by atoms with Crippen LogP contribution in [0.5, 0.6) is 0 Å². The number of hydrogen-bond donors (Lipinski definition) is 1. The van der Waals surface area contributed by atoms with Gasteiger partial charge in [0.2, 0.25) is 0 Å². The minimum Gasteiger partial charge on any atom is -0.381 e. The minimum atomic E-state index is 0.298. The molecule has 18 heavy (non-hydrogen) atoms. The lowest BCUT2D eigenvalue weighted by atomic mass is 10.1. The normalized spacial score (nSPS) is 11.7. The quantitative estimate of drug-likeness (QED) is 0.895. The van der Waals surface area contributed by atoms with Gasteiger partial charge < -0.3 is 5.73 Å². The average molecular weight is 248 g/mol. The number of anilines is 1. The summed E-state index contributed by atoms with van der Waals surface area (Å²) >= 11 is 0. The maximum atomic E-state index is 5.83. The molecule has 0 radical (unpaired) electrons. The zero-order valence-corrected chi connectivity index (χ0v) is 11.3. The zero-order chi connectivity index (χ0) is 13.3. The molecule has 2 rings (SSSR count). The molecule has 0 aliphatic carbocycles. The first-order valence-electron chi connectivity index (χ1n) is 6.22. The molecule has 0 saturated carbocycles. The molecule has 2 heterocycles. The number of aromatic nitrogens is 5. The second-order valence-electron chi connectivity index (χ2n) is 5.05. The Morgan fingerprint density at radius 2 is 2.00 bits per heavy atom. The van der Waals surface area contributed by atoms with Crippen LogP contribution in [0.1, 0.15) is 51.0 Å². The molecule has 0 amide bonds. The van der Waals surface area contributed by atoms with Gasteiger partial charge in [0.1, 0.15) is 0 Å². The van der Waals surface area contributed by atoms with Gasteiger partial charge in [-0.2, -0.15) is 5.10 Å². The molecule has 2 aromatic heterocycles. The number of hydrogen-bond acceptors (Lipinski definition) is 4. The lowest BCUT2D eigenvalue weighted by molar-refractivity contribution is 0.515. The van der Waals surface area contributed by atoms with E-state index < -0.39 is 0 Å². The largest absolute Gasteiger partial charge is 0.381 e. The molecular weight excluding hydrogens is 228 g/mol. The van der Waals surface area contributed by atoms with E-state index in [2.05, 4.69) is 43.1 Å². The first kappa shape index (κ1) is 12.6. The Labute approximate surface area is 107 Å². The third kappa shape index (κ3) is 2.37. The molecule has 6 nitrogen and oxygen atoms in total. The maximum absolute atomic E-state index is 5.83. The number of rotatable bonds is 4. The third-order valence-electron chi connectivity index (χ3n) is 2.85. The Kier molecular flexibility index (Phi) is 3.36. The summed E-state index contributed by atoms with van der Waals surface area (Å²) in [5, 5.41) is 12.5. The topological polar surface area (TPSA) is 74.5 Å². The van der Waals surface area contributed by atoms with E-state index in [0.29, 0.717) is 24.3 Å². The van der Waals surface area contributed by atoms with Crippen molar-refractivity contribution in [2.75, 3.05) is 5.73 Å². The Morgan fingerprint density at radius 3 is 2.56 bits per heavy atom. The molecular formula is C12H20N6. The summed E-state index contributed by atoms with van der Waals surface area (Å²) in [7, 11) is 0. The molecule has 0 atom stereocenters. The van der Waals surface area contributed by atoms with Crippen molar-refractivity contribution in [3.05, 3.63) is 23.7 Å². The van der Waals surface area contributed by atoms with Crippen molar-refractivity contribution < 1.29 is 0 Å². The van der Waals surface area contributed by atoms with E-state index >= 15 is 0 Å². The van der Waals surface area contributed by atoms with E-state index in [1.165, 1.54) is 0 Å². The van der Waals surface area contributed by atoms with Crippen LogP contribution in [-0.4, -0.2) is 24.8 Å². The molecule has 2 aromatic rings. The highest BCUT2D eigenvalue weighted by Crippen LogP contribution is 2.19. The summed E-state index contributed by atoms with van der Waals surface area (Å²) in [6.07, 6.45) is 1.98. The van der Waals surface area contributed by atoms with Crippen molar-refractivity contribution in [1.29, 1.82) is 0 Å². The van der Waals surface area contributed by atoms with Gasteiger partial charge in [0.05, 0.1) is 17.9 Å². The summed E-state index contributed by atoms with van der Waals surface area (Å²) in [5.74, 6) is 0.806. The highest BCUT2D eigenvalue weighted by Gasteiger charge is 2.14. The van der Waals surface area contributed by atoms with E-state index in [0.717, 1.165) is 11.4 Å². The Morgan fingerprint density at radius 1 is 1.28 bits per heavy atom. The second kappa shape index (κ2) is 4.80. The standard InChI is InChI=1S/C12H20N6/c1-8(2)11-12(13)14-16-18(11)7-10-5-6-17(15-10)9(3)4/h5-6,8-9H,7,13H2,1-4H3. The first-order chi connectivity index (χ1) is 8.49. The van der Waals surface area contributed by atoms with Gasteiger partial charge in [-0.1, -0.05) is 19.1 Å². The monoisotopic (exact) mass is 248 g/mol. The molecule has 0 bridgehead atoms. The zero-order valence-electron chi connectivity index (χ0n) is 11.3. The van der Waals surface area contributed by atoms with Crippen LogP contribution < -0.4 is 5.73 Å². The summed E-state index contributed by atoms with van der Waals surface area (Å²) in [4.78, 5) is 0. The minimum absolute atomic E-state index is 0.298. The molecule has 2 N–H and O–H groups in total. The van der Waals surface area contributed by atoms with Crippen LogP contribution in [0.15, 0.2) is 12.3 Å². The van der Waals surface area contributed by atoms with Crippen LogP contribution in [0.2, 0.25) is 0 Å². The number of nitrogen functional groups attached to an aromatic ring is 1. The van der Waals surface area contributed by atoms with Crippen LogP contribution in [-0.2, 0) is 6.54 Å². The van der Waals surface area contributed by atoms with Gasteiger partial charge in [-0.15, -0.1) is 5.10 Å². The van der Waals surface area contributed by atoms with Crippen molar-refractivity contribution >= 4 is 5.82 Å². The smallest absolute Gasteiger partial charge is 0.169 e.